The Bertz CT molecular complexity index is 923. The molecule has 1 fully saturated rings. The zero-order chi connectivity index (χ0) is 18.8. The van der Waals surface area contributed by atoms with Crippen LogP contribution in [0.2, 0.25) is 0 Å². The number of benzene rings is 1. The number of allylic oxidation sites excluding steroid dienone is 2. The maximum Gasteiger partial charge on any atom is 0.265 e. The predicted octanol–water partition coefficient (Wildman–Crippen LogP) is 3.64. The number of amides is 1. The van der Waals surface area contributed by atoms with Gasteiger partial charge in [0.15, 0.2) is 0 Å². The number of hydrogen-bond donors (Lipinski definition) is 1. The number of thiophene rings is 1. The second kappa shape index (κ2) is 7.48. The molecule has 1 N–H and O–H groups in total. The van der Waals surface area contributed by atoms with Crippen molar-refractivity contribution >= 4 is 28.8 Å². The quantitative estimate of drug-likeness (QED) is 0.883. The Balaban J connectivity index is 1.79. The largest absolute Gasteiger partial charge is 0.367 e. The van der Waals surface area contributed by atoms with E-state index in [-0.39, 0.29) is 23.2 Å². The fraction of sp³-hybridized carbons (Fsp3) is 0.286. The number of nitrogens with zero attached hydrogens (tertiary/aromatic N) is 1. The molecule has 1 amide bonds. The lowest BCUT2D eigenvalue weighted by Gasteiger charge is -2.30. The fourth-order valence-corrected chi connectivity index (χ4v) is 4.28. The van der Waals surface area contributed by atoms with Gasteiger partial charge in [-0.05, 0) is 24.3 Å². The van der Waals surface area contributed by atoms with Crippen LogP contribution in [0.5, 0.6) is 0 Å². The van der Waals surface area contributed by atoms with Crippen molar-refractivity contribution in [1.82, 2.24) is 10.2 Å². The molecule has 1 aliphatic carbocycles. The van der Waals surface area contributed by atoms with E-state index in [2.05, 4.69) is 5.32 Å². The summed E-state index contributed by atoms with van der Waals surface area (Å²) < 4.78 is 0. The van der Waals surface area contributed by atoms with Gasteiger partial charge in [0, 0.05) is 24.2 Å². The first-order chi connectivity index (χ1) is 13.2. The Labute approximate surface area is 161 Å². The average molecular weight is 380 g/mol. The van der Waals surface area contributed by atoms with Gasteiger partial charge in [-0.1, -0.05) is 43.2 Å². The van der Waals surface area contributed by atoms with E-state index in [4.69, 9.17) is 0 Å². The Hall–Kier alpha value is -2.73. The van der Waals surface area contributed by atoms with Crippen LogP contribution in [0.4, 0.5) is 0 Å². The molecule has 2 aromatic rings. The first-order valence-electron chi connectivity index (χ1n) is 9.19. The normalized spacial score (nSPS) is 17.6. The third kappa shape index (κ3) is 3.32. The van der Waals surface area contributed by atoms with Crippen LogP contribution in [0.3, 0.4) is 0 Å². The molecule has 2 heterocycles. The highest BCUT2D eigenvalue weighted by atomic mass is 32.1. The van der Waals surface area contributed by atoms with E-state index >= 15 is 0 Å². The van der Waals surface area contributed by atoms with Crippen molar-refractivity contribution < 1.29 is 14.4 Å². The van der Waals surface area contributed by atoms with E-state index in [1.54, 1.807) is 36.4 Å². The highest BCUT2D eigenvalue weighted by molar-refractivity contribution is 7.12. The van der Waals surface area contributed by atoms with Crippen molar-refractivity contribution in [2.75, 3.05) is 13.1 Å². The standard InChI is InChI=1S/C21H20N2O3S/c24-19-14-8-3-4-9-15(14)20(25)18(23-11-5-1-2-6-12-23)17(19)22-21(26)16-10-7-13-27-16/h3-4,7-10,13H,1-2,5-6,11-12H2,(H,22,26). The maximum atomic E-state index is 13.3. The molecule has 0 radical (unpaired) electrons. The molecule has 1 aromatic heterocycles. The van der Waals surface area contributed by atoms with E-state index < -0.39 is 0 Å². The molecule has 27 heavy (non-hydrogen) atoms. The highest BCUT2D eigenvalue weighted by Crippen LogP contribution is 2.29. The molecule has 0 unspecified atom stereocenters. The lowest BCUT2D eigenvalue weighted by molar-refractivity contribution is 0.0904. The minimum Gasteiger partial charge on any atom is -0.367 e. The van der Waals surface area contributed by atoms with Crippen LogP contribution in [-0.2, 0) is 0 Å². The van der Waals surface area contributed by atoms with E-state index in [9.17, 15) is 14.4 Å². The number of nitrogens with one attached hydrogen (secondary N) is 1. The molecule has 1 aliphatic heterocycles. The van der Waals surface area contributed by atoms with Crippen LogP contribution in [0, 0.1) is 0 Å². The van der Waals surface area contributed by atoms with E-state index in [0.717, 1.165) is 38.8 Å². The van der Waals surface area contributed by atoms with E-state index in [1.165, 1.54) is 11.3 Å². The number of likely N-dealkylation sites (tertiary alicyclic amines) is 1. The predicted molar refractivity (Wildman–Crippen MR) is 104 cm³/mol. The van der Waals surface area contributed by atoms with Crippen molar-refractivity contribution in [2.45, 2.75) is 25.7 Å². The number of rotatable bonds is 3. The van der Waals surface area contributed by atoms with Crippen molar-refractivity contribution in [1.29, 1.82) is 0 Å². The zero-order valence-corrected chi connectivity index (χ0v) is 15.7. The van der Waals surface area contributed by atoms with Crippen LogP contribution in [0.25, 0.3) is 0 Å². The van der Waals surface area contributed by atoms with E-state index in [0.29, 0.717) is 21.7 Å². The smallest absolute Gasteiger partial charge is 0.265 e. The maximum absolute atomic E-state index is 13.3. The SMILES string of the molecule is O=C(NC1=C(N2CCCCCC2)C(=O)c2ccccc2C1=O)c1cccs1. The molecule has 0 spiro atoms. The van der Waals surface area contributed by atoms with Gasteiger partial charge in [0.2, 0.25) is 11.6 Å². The second-order valence-electron chi connectivity index (χ2n) is 6.76. The van der Waals surface area contributed by atoms with Crippen LogP contribution >= 0.6 is 11.3 Å². The molecule has 4 rings (SSSR count). The van der Waals surface area contributed by atoms with Crippen LogP contribution in [0.15, 0.2) is 53.2 Å². The minimum absolute atomic E-state index is 0.110. The van der Waals surface area contributed by atoms with Crippen LogP contribution < -0.4 is 5.32 Å². The molecule has 0 bridgehead atoms. The van der Waals surface area contributed by atoms with Gasteiger partial charge in [-0.3, -0.25) is 14.4 Å². The minimum atomic E-state index is -0.354. The van der Waals surface area contributed by atoms with Gasteiger partial charge in [-0.25, -0.2) is 0 Å². The Kier molecular flexibility index (Phi) is 4.90. The van der Waals surface area contributed by atoms with Gasteiger partial charge in [0.05, 0.1) is 4.88 Å². The molecular weight excluding hydrogens is 360 g/mol. The average Bonchev–Trinajstić information content (AvgIpc) is 3.10. The molecule has 138 valence electrons. The first-order valence-corrected chi connectivity index (χ1v) is 10.1. The Morgan fingerprint density at radius 3 is 2.19 bits per heavy atom. The van der Waals surface area contributed by atoms with Gasteiger partial charge < -0.3 is 10.2 Å². The van der Waals surface area contributed by atoms with Gasteiger partial charge in [0.25, 0.3) is 5.91 Å². The van der Waals surface area contributed by atoms with Crippen molar-refractivity contribution in [3.05, 3.63) is 69.2 Å². The molecule has 0 atom stereocenters. The summed E-state index contributed by atoms with van der Waals surface area (Å²) in [7, 11) is 0. The molecule has 1 saturated heterocycles. The zero-order valence-electron chi connectivity index (χ0n) is 14.9. The van der Waals surface area contributed by atoms with Gasteiger partial charge in [-0.2, -0.15) is 0 Å². The molecule has 0 saturated carbocycles. The molecule has 1 aromatic carbocycles. The number of carbonyl (C=O) groups excluding carboxylic acids is 3. The highest BCUT2D eigenvalue weighted by Gasteiger charge is 2.36. The molecule has 6 heteroatoms. The third-order valence-electron chi connectivity index (χ3n) is 5.00. The summed E-state index contributed by atoms with van der Waals surface area (Å²) in [5.74, 6) is -0.837. The fourth-order valence-electron chi connectivity index (χ4n) is 3.66. The van der Waals surface area contributed by atoms with Gasteiger partial charge in [0.1, 0.15) is 11.4 Å². The van der Waals surface area contributed by atoms with Crippen LogP contribution in [0.1, 0.15) is 56.1 Å². The lowest BCUT2D eigenvalue weighted by Crippen LogP contribution is -2.40. The molecule has 2 aliphatic rings. The summed E-state index contributed by atoms with van der Waals surface area (Å²) >= 11 is 1.30. The third-order valence-corrected chi connectivity index (χ3v) is 5.87. The molecule has 5 nitrogen and oxygen atoms in total. The van der Waals surface area contributed by atoms with Gasteiger partial charge in [-0.15, -0.1) is 11.3 Å². The molecular formula is C21H20N2O3S. The van der Waals surface area contributed by atoms with Gasteiger partial charge >= 0.3 is 0 Å². The number of carbonyl (C=O) groups is 3. The first kappa shape index (κ1) is 17.7. The number of Topliss-reactive ketones (excluding diaryl/α,β-unsaturated/α-hetero) is 2. The number of hydrogen-bond acceptors (Lipinski definition) is 5. The summed E-state index contributed by atoms with van der Waals surface area (Å²) in [6.45, 7) is 1.43. The van der Waals surface area contributed by atoms with E-state index in [1.807, 2.05) is 10.3 Å². The monoisotopic (exact) mass is 380 g/mol. The summed E-state index contributed by atoms with van der Waals surface area (Å²) in [4.78, 5) is 41.5. The summed E-state index contributed by atoms with van der Waals surface area (Å²) in [6, 6.07) is 10.3. The van der Waals surface area contributed by atoms with Crippen molar-refractivity contribution in [3.8, 4) is 0 Å². The summed E-state index contributed by atoms with van der Waals surface area (Å²) in [5.41, 5.74) is 1.21. The Morgan fingerprint density at radius 2 is 1.56 bits per heavy atom. The second-order valence-corrected chi connectivity index (χ2v) is 7.71. The number of fused-ring (bicyclic) bond motifs is 1. The van der Waals surface area contributed by atoms with Crippen molar-refractivity contribution in [3.63, 3.8) is 0 Å². The lowest BCUT2D eigenvalue weighted by atomic mass is 9.89. The number of ketones is 2. The summed E-state index contributed by atoms with van der Waals surface area (Å²) in [6.07, 6.45) is 4.16. The topological polar surface area (TPSA) is 66.5 Å². The van der Waals surface area contributed by atoms with Crippen LogP contribution in [-0.4, -0.2) is 35.5 Å². The van der Waals surface area contributed by atoms with Crippen molar-refractivity contribution in [2.24, 2.45) is 0 Å². The summed E-state index contributed by atoms with van der Waals surface area (Å²) in [5, 5.41) is 4.56. The Morgan fingerprint density at radius 1 is 0.889 bits per heavy atom.